The molecule has 88 valence electrons. The van der Waals surface area contributed by atoms with Gasteiger partial charge in [-0.3, -0.25) is 4.79 Å². The van der Waals surface area contributed by atoms with Gasteiger partial charge in [-0.1, -0.05) is 17.7 Å². The second kappa shape index (κ2) is 4.90. The number of benzene rings is 1. The molecule has 0 aliphatic rings. The molecule has 0 fully saturated rings. The highest BCUT2D eigenvalue weighted by Gasteiger charge is 2.14. The van der Waals surface area contributed by atoms with Gasteiger partial charge in [-0.25, -0.2) is 4.39 Å². The molecular weight excluding hydrogens is 266 g/mol. The molecule has 0 spiro atoms. The Morgan fingerprint density at radius 1 is 1.29 bits per heavy atom. The van der Waals surface area contributed by atoms with E-state index < -0.39 is 5.82 Å². The van der Waals surface area contributed by atoms with E-state index in [2.05, 4.69) is 0 Å². The van der Waals surface area contributed by atoms with Gasteiger partial charge in [-0.05, 0) is 35.4 Å². The van der Waals surface area contributed by atoms with Crippen molar-refractivity contribution in [1.29, 1.82) is 0 Å². The Hall–Kier alpha value is -1.32. The van der Waals surface area contributed by atoms with Crippen molar-refractivity contribution >= 4 is 29.0 Å². The average Bonchev–Trinajstić information content (AvgIpc) is 2.70. The topological polar surface area (TPSA) is 30.2 Å². The standard InChI is InChI=1S/C12H7Cl2FO2/c13-9-5-7(1-2-10(9)15)6-11(16)8-3-4-17-12(8)14/h1-5H,6H2. The molecule has 5 heteroatoms. The summed E-state index contributed by atoms with van der Waals surface area (Å²) in [6.07, 6.45) is 1.44. The van der Waals surface area contributed by atoms with Crippen molar-refractivity contribution in [3.8, 4) is 0 Å². The Balaban J connectivity index is 2.19. The number of rotatable bonds is 3. The van der Waals surface area contributed by atoms with Crippen LogP contribution in [0, 0.1) is 5.82 Å². The minimum absolute atomic E-state index is 0.00593. The minimum atomic E-state index is -0.510. The van der Waals surface area contributed by atoms with E-state index in [1.807, 2.05) is 0 Å². The Bertz CT molecular complexity index is 563. The molecule has 1 aromatic heterocycles. The molecule has 17 heavy (non-hydrogen) atoms. The number of halogens is 3. The lowest BCUT2D eigenvalue weighted by atomic mass is 10.1. The van der Waals surface area contributed by atoms with Crippen molar-refractivity contribution in [3.63, 3.8) is 0 Å². The van der Waals surface area contributed by atoms with E-state index in [9.17, 15) is 9.18 Å². The summed E-state index contributed by atoms with van der Waals surface area (Å²) >= 11 is 11.3. The fourth-order valence-corrected chi connectivity index (χ4v) is 1.85. The average molecular weight is 273 g/mol. The maximum absolute atomic E-state index is 12.9. The smallest absolute Gasteiger partial charge is 0.203 e. The van der Waals surface area contributed by atoms with Crippen LogP contribution in [0.4, 0.5) is 4.39 Å². The van der Waals surface area contributed by atoms with Gasteiger partial charge in [0.2, 0.25) is 5.22 Å². The first-order valence-electron chi connectivity index (χ1n) is 4.78. The lowest BCUT2D eigenvalue weighted by Crippen LogP contribution is -2.02. The first-order valence-corrected chi connectivity index (χ1v) is 5.53. The van der Waals surface area contributed by atoms with E-state index in [4.69, 9.17) is 27.6 Å². The summed E-state index contributed by atoms with van der Waals surface area (Å²) < 4.78 is 17.7. The van der Waals surface area contributed by atoms with Gasteiger partial charge in [0.15, 0.2) is 5.78 Å². The summed E-state index contributed by atoms with van der Waals surface area (Å²) in [5.41, 5.74) is 0.936. The van der Waals surface area contributed by atoms with Gasteiger partial charge >= 0.3 is 0 Å². The van der Waals surface area contributed by atoms with Crippen LogP contribution in [0.2, 0.25) is 10.2 Å². The van der Waals surface area contributed by atoms with Crippen LogP contribution < -0.4 is 0 Å². The highest BCUT2D eigenvalue weighted by Crippen LogP contribution is 2.21. The molecule has 1 heterocycles. The third kappa shape index (κ3) is 2.68. The summed E-state index contributed by atoms with van der Waals surface area (Å²) in [6.45, 7) is 0. The van der Waals surface area contributed by atoms with Crippen LogP contribution >= 0.6 is 23.2 Å². The Kier molecular flexibility index (Phi) is 3.50. The highest BCUT2D eigenvalue weighted by atomic mass is 35.5. The molecule has 0 atom stereocenters. The molecule has 0 saturated carbocycles. The van der Waals surface area contributed by atoms with E-state index in [0.29, 0.717) is 11.1 Å². The summed E-state index contributed by atoms with van der Waals surface area (Å²) in [6, 6.07) is 5.65. The molecule has 0 N–H and O–H groups in total. The van der Waals surface area contributed by atoms with Gasteiger partial charge in [-0.2, -0.15) is 0 Å². The fraction of sp³-hybridized carbons (Fsp3) is 0.0833. The number of carbonyl (C=O) groups is 1. The monoisotopic (exact) mass is 272 g/mol. The van der Waals surface area contributed by atoms with Crippen molar-refractivity contribution in [1.82, 2.24) is 0 Å². The van der Waals surface area contributed by atoms with Crippen LogP contribution in [0.5, 0.6) is 0 Å². The SMILES string of the molecule is O=C(Cc1ccc(F)c(Cl)c1)c1ccoc1Cl. The van der Waals surface area contributed by atoms with Crippen molar-refractivity contribution in [2.75, 3.05) is 0 Å². The number of ketones is 1. The molecule has 2 aromatic rings. The molecule has 2 rings (SSSR count). The second-order valence-corrected chi connectivity index (χ2v) is 4.21. The molecule has 0 saturated heterocycles. The van der Waals surface area contributed by atoms with Gasteiger partial charge in [-0.15, -0.1) is 0 Å². The molecule has 0 amide bonds. The van der Waals surface area contributed by atoms with Crippen LogP contribution in [-0.4, -0.2) is 5.78 Å². The first-order chi connectivity index (χ1) is 8.08. The fourth-order valence-electron chi connectivity index (χ4n) is 1.42. The maximum Gasteiger partial charge on any atom is 0.203 e. The zero-order valence-corrected chi connectivity index (χ0v) is 10.1. The Morgan fingerprint density at radius 2 is 2.06 bits per heavy atom. The molecule has 0 aliphatic heterocycles. The number of hydrogen-bond acceptors (Lipinski definition) is 2. The summed E-state index contributed by atoms with van der Waals surface area (Å²) in [5, 5.41) is 0.0526. The van der Waals surface area contributed by atoms with Gasteiger partial charge in [0, 0.05) is 6.42 Å². The van der Waals surface area contributed by atoms with Gasteiger partial charge < -0.3 is 4.42 Å². The second-order valence-electron chi connectivity index (χ2n) is 3.46. The molecule has 0 bridgehead atoms. The van der Waals surface area contributed by atoms with E-state index >= 15 is 0 Å². The van der Waals surface area contributed by atoms with Crippen LogP contribution in [0.25, 0.3) is 0 Å². The number of furan rings is 1. The van der Waals surface area contributed by atoms with Gasteiger partial charge in [0.25, 0.3) is 0 Å². The van der Waals surface area contributed by atoms with E-state index in [-0.39, 0.29) is 22.4 Å². The van der Waals surface area contributed by atoms with Gasteiger partial charge in [0.1, 0.15) is 5.82 Å². The van der Waals surface area contributed by atoms with Crippen LogP contribution in [0.1, 0.15) is 15.9 Å². The van der Waals surface area contributed by atoms with Crippen LogP contribution in [-0.2, 0) is 6.42 Å². The maximum atomic E-state index is 12.9. The Labute approximate surface area is 107 Å². The largest absolute Gasteiger partial charge is 0.452 e. The van der Waals surface area contributed by atoms with E-state index in [1.54, 1.807) is 0 Å². The molecule has 0 unspecified atom stereocenters. The number of hydrogen-bond donors (Lipinski definition) is 0. The lowest BCUT2D eigenvalue weighted by molar-refractivity contribution is 0.0992. The number of carbonyl (C=O) groups excluding carboxylic acids is 1. The van der Waals surface area contributed by atoms with E-state index in [0.717, 1.165) is 0 Å². The van der Waals surface area contributed by atoms with Gasteiger partial charge in [0.05, 0.1) is 16.8 Å². The summed E-state index contributed by atoms with van der Waals surface area (Å²) in [7, 11) is 0. The third-order valence-corrected chi connectivity index (χ3v) is 2.85. The third-order valence-electron chi connectivity index (χ3n) is 2.27. The molecule has 0 radical (unpaired) electrons. The van der Waals surface area contributed by atoms with Crippen molar-refractivity contribution in [2.24, 2.45) is 0 Å². The van der Waals surface area contributed by atoms with E-state index in [1.165, 1.54) is 30.5 Å². The summed E-state index contributed by atoms with van der Waals surface area (Å²) in [4.78, 5) is 11.8. The molecule has 2 nitrogen and oxygen atoms in total. The molecule has 0 aliphatic carbocycles. The van der Waals surface area contributed by atoms with Crippen molar-refractivity contribution in [3.05, 3.63) is 57.7 Å². The van der Waals surface area contributed by atoms with Crippen molar-refractivity contribution < 1.29 is 13.6 Å². The van der Waals surface area contributed by atoms with Crippen LogP contribution in [0.15, 0.2) is 34.9 Å². The minimum Gasteiger partial charge on any atom is -0.452 e. The lowest BCUT2D eigenvalue weighted by Gasteiger charge is -2.01. The van der Waals surface area contributed by atoms with Crippen molar-refractivity contribution in [2.45, 2.75) is 6.42 Å². The predicted octanol–water partition coefficient (Wildman–Crippen LogP) is 4.15. The molecule has 1 aromatic carbocycles. The zero-order chi connectivity index (χ0) is 12.4. The first kappa shape index (κ1) is 12.1. The quantitative estimate of drug-likeness (QED) is 0.786. The normalized spacial score (nSPS) is 10.5. The zero-order valence-electron chi connectivity index (χ0n) is 8.54. The summed E-state index contributed by atoms with van der Waals surface area (Å²) in [5.74, 6) is -0.712. The highest BCUT2D eigenvalue weighted by molar-refractivity contribution is 6.32. The number of Topliss-reactive ketones (excluding diaryl/α,β-unsaturated/α-hetero) is 1. The van der Waals surface area contributed by atoms with Crippen LogP contribution in [0.3, 0.4) is 0 Å². The predicted molar refractivity (Wildman–Crippen MR) is 63.2 cm³/mol. The Morgan fingerprint density at radius 3 is 2.65 bits per heavy atom. The molecular formula is C12H7Cl2FO2.